The summed E-state index contributed by atoms with van der Waals surface area (Å²) in [6.07, 6.45) is 19.1. The molecule has 0 heterocycles. The molecule has 0 bridgehead atoms. The summed E-state index contributed by atoms with van der Waals surface area (Å²) >= 11 is 0. The molecule has 0 N–H and O–H groups in total. The van der Waals surface area contributed by atoms with E-state index in [0.717, 1.165) is 6.42 Å². The number of allylic oxidation sites excluding steroid dienone is 2. The number of unbranched alkanes of at least 4 members (excludes halogenated alkanes) is 8. The number of ether oxygens (including phenoxy) is 1. The minimum absolute atomic E-state index is 0.107. The molecule has 0 aliphatic heterocycles. The summed E-state index contributed by atoms with van der Waals surface area (Å²) in [4.78, 5) is 11.6. The van der Waals surface area contributed by atoms with Crippen LogP contribution in [0, 0.1) is 5.92 Å². The molecule has 0 saturated heterocycles. The highest BCUT2D eigenvalue weighted by atomic mass is 16.5. The molecule has 0 unspecified atom stereocenters. The Morgan fingerprint density at radius 2 is 1.42 bits per heavy atom. The molecule has 1 aliphatic rings. The normalized spacial score (nSPS) is 14.2. The van der Waals surface area contributed by atoms with Gasteiger partial charge < -0.3 is 4.74 Å². The van der Waals surface area contributed by atoms with Gasteiger partial charge in [-0.1, -0.05) is 82.6 Å². The highest BCUT2D eigenvalue weighted by molar-refractivity contribution is 5.77. The number of esters is 1. The molecular weight excluding hydrogens is 236 g/mol. The molecule has 0 aromatic carbocycles. The predicted molar refractivity (Wildman–Crippen MR) is 80.0 cm³/mol. The molecule has 0 aromatic rings. The molecule has 19 heavy (non-hydrogen) atoms. The first-order chi connectivity index (χ1) is 9.34. The van der Waals surface area contributed by atoms with E-state index in [9.17, 15) is 4.79 Å². The monoisotopic (exact) mass is 264 g/mol. The summed E-state index contributed by atoms with van der Waals surface area (Å²) in [6.45, 7) is 2.82. The smallest absolute Gasteiger partial charge is 0.316 e. The van der Waals surface area contributed by atoms with Crippen molar-refractivity contribution in [3.05, 3.63) is 24.3 Å². The number of hydrogen-bond acceptors (Lipinski definition) is 2. The molecule has 0 radical (unpaired) electrons. The Balaban J connectivity index is 1.82. The zero-order chi connectivity index (χ0) is 13.8. The Morgan fingerprint density at radius 3 is 2.00 bits per heavy atom. The Kier molecular flexibility index (Phi) is 9.13. The van der Waals surface area contributed by atoms with Crippen molar-refractivity contribution in [1.29, 1.82) is 0 Å². The van der Waals surface area contributed by atoms with E-state index in [-0.39, 0.29) is 11.9 Å². The molecule has 0 amide bonds. The molecule has 0 aromatic heterocycles. The fraction of sp³-hybridized carbons (Fsp3) is 0.706. The molecule has 2 heteroatoms. The van der Waals surface area contributed by atoms with Crippen molar-refractivity contribution in [3.8, 4) is 0 Å². The van der Waals surface area contributed by atoms with Crippen LogP contribution in [-0.2, 0) is 9.53 Å². The quantitative estimate of drug-likeness (QED) is 0.395. The second kappa shape index (κ2) is 10.8. The third kappa shape index (κ3) is 7.86. The fourth-order valence-corrected chi connectivity index (χ4v) is 2.27. The summed E-state index contributed by atoms with van der Waals surface area (Å²) in [7, 11) is 0. The van der Waals surface area contributed by atoms with Gasteiger partial charge in [-0.15, -0.1) is 0 Å². The first-order valence-electron chi connectivity index (χ1n) is 7.86. The number of hydrogen-bond donors (Lipinski definition) is 0. The van der Waals surface area contributed by atoms with Gasteiger partial charge in [0.1, 0.15) is 0 Å². The second-order valence-corrected chi connectivity index (χ2v) is 5.29. The van der Waals surface area contributed by atoms with Crippen molar-refractivity contribution >= 4 is 5.97 Å². The van der Waals surface area contributed by atoms with Gasteiger partial charge in [0.15, 0.2) is 0 Å². The fourth-order valence-electron chi connectivity index (χ4n) is 2.27. The van der Waals surface area contributed by atoms with Gasteiger partial charge in [-0.25, -0.2) is 0 Å². The topological polar surface area (TPSA) is 26.3 Å². The minimum atomic E-state index is -0.140. The first kappa shape index (κ1) is 16.0. The summed E-state index contributed by atoms with van der Waals surface area (Å²) in [6, 6.07) is 0. The third-order valence-electron chi connectivity index (χ3n) is 3.51. The minimum Gasteiger partial charge on any atom is -0.465 e. The molecule has 2 nitrogen and oxygen atoms in total. The van der Waals surface area contributed by atoms with Gasteiger partial charge in [-0.2, -0.15) is 0 Å². The molecular formula is C17H28O2. The van der Waals surface area contributed by atoms with Crippen LogP contribution in [0.15, 0.2) is 24.3 Å². The number of carbonyl (C=O) groups is 1. The first-order valence-corrected chi connectivity index (χ1v) is 7.86. The SMILES string of the molecule is CCCCCCCCCCCOC(=O)C1C=CC=C1. The summed E-state index contributed by atoms with van der Waals surface area (Å²) in [5.41, 5.74) is 0. The van der Waals surface area contributed by atoms with Crippen molar-refractivity contribution in [3.63, 3.8) is 0 Å². The van der Waals surface area contributed by atoms with Crippen molar-refractivity contribution < 1.29 is 9.53 Å². The molecule has 0 atom stereocenters. The molecule has 0 fully saturated rings. The van der Waals surface area contributed by atoms with E-state index in [0.29, 0.717) is 6.61 Å². The van der Waals surface area contributed by atoms with Gasteiger partial charge in [-0.3, -0.25) is 4.79 Å². The zero-order valence-corrected chi connectivity index (χ0v) is 12.3. The number of rotatable bonds is 11. The van der Waals surface area contributed by atoms with Crippen molar-refractivity contribution in [2.24, 2.45) is 5.92 Å². The van der Waals surface area contributed by atoms with E-state index in [1.807, 2.05) is 24.3 Å². The summed E-state index contributed by atoms with van der Waals surface area (Å²) in [5.74, 6) is -0.247. The predicted octanol–water partition coefficient (Wildman–Crippen LogP) is 4.80. The van der Waals surface area contributed by atoms with Crippen LogP contribution < -0.4 is 0 Å². The van der Waals surface area contributed by atoms with Crippen molar-refractivity contribution in [2.45, 2.75) is 64.7 Å². The Morgan fingerprint density at radius 1 is 0.895 bits per heavy atom. The zero-order valence-electron chi connectivity index (χ0n) is 12.3. The van der Waals surface area contributed by atoms with Crippen LogP contribution >= 0.6 is 0 Å². The van der Waals surface area contributed by atoms with Crippen LogP contribution in [0.2, 0.25) is 0 Å². The van der Waals surface area contributed by atoms with E-state index in [4.69, 9.17) is 4.74 Å². The Hall–Kier alpha value is -1.05. The van der Waals surface area contributed by atoms with Gasteiger partial charge in [0.25, 0.3) is 0 Å². The maximum Gasteiger partial charge on any atom is 0.316 e. The van der Waals surface area contributed by atoms with E-state index in [1.165, 1.54) is 51.4 Å². The average molecular weight is 264 g/mol. The van der Waals surface area contributed by atoms with Crippen LogP contribution in [0.25, 0.3) is 0 Å². The highest BCUT2D eigenvalue weighted by Crippen LogP contribution is 2.12. The maximum absolute atomic E-state index is 11.6. The lowest BCUT2D eigenvalue weighted by atomic mass is 10.1. The number of carbonyl (C=O) groups excluding carboxylic acids is 1. The van der Waals surface area contributed by atoms with E-state index < -0.39 is 0 Å². The van der Waals surface area contributed by atoms with E-state index in [2.05, 4.69) is 6.92 Å². The van der Waals surface area contributed by atoms with Gasteiger partial charge in [0, 0.05) is 0 Å². The Bertz CT molecular complexity index is 280. The van der Waals surface area contributed by atoms with Crippen LogP contribution in [0.3, 0.4) is 0 Å². The van der Waals surface area contributed by atoms with Crippen LogP contribution in [0.5, 0.6) is 0 Å². The van der Waals surface area contributed by atoms with Gasteiger partial charge in [-0.05, 0) is 6.42 Å². The van der Waals surface area contributed by atoms with Gasteiger partial charge in [0.2, 0.25) is 0 Å². The van der Waals surface area contributed by atoms with Gasteiger partial charge in [0.05, 0.1) is 12.5 Å². The van der Waals surface area contributed by atoms with Crippen LogP contribution in [0.1, 0.15) is 64.7 Å². The molecule has 0 spiro atoms. The van der Waals surface area contributed by atoms with Crippen LogP contribution in [0.4, 0.5) is 0 Å². The Labute approximate surface area is 117 Å². The van der Waals surface area contributed by atoms with Crippen molar-refractivity contribution in [2.75, 3.05) is 6.61 Å². The summed E-state index contributed by atoms with van der Waals surface area (Å²) < 4.78 is 5.24. The van der Waals surface area contributed by atoms with Crippen molar-refractivity contribution in [1.82, 2.24) is 0 Å². The molecule has 1 rings (SSSR count). The largest absolute Gasteiger partial charge is 0.465 e. The lowest BCUT2D eigenvalue weighted by Crippen LogP contribution is -2.13. The van der Waals surface area contributed by atoms with E-state index in [1.54, 1.807) is 0 Å². The molecule has 108 valence electrons. The van der Waals surface area contributed by atoms with E-state index >= 15 is 0 Å². The maximum atomic E-state index is 11.6. The second-order valence-electron chi connectivity index (χ2n) is 5.29. The highest BCUT2D eigenvalue weighted by Gasteiger charge is 2.14. The molecule has 0 saturated carbocycles. The standard InChI is InChI=1S/C17H28O2/c1-2-3-4-5-6-7-8-9-12-15-19-17(18)16-13-10-11-14-16/h10-11,13-14,16H,2-9,12,15H2,1H3. The molecule has 1 aliphatic carbocycles. The van der Waals surface area contributed by atoms with Crippen LogP contribution in [-0.4, -0.2) is 12.6 Å². The summed E-state index contributed by atoms with van der Waals surface area (Å²) in [5, 5.41) is 0. The third-order valence-corrected chi connectivity index (χ3v) is 3.51. The lowest BCUT2D eigenvalue weighted by Gasteiger charge is -2.07. The average Bonchev–Trinajstić information content (AvgIpc) is 2.95. The van der Waals surface area contributed by atoms with Gasteiger partial charge >= 0.3 is 5.97 Å². The lowest BCUT2D eigenvalue weighted by molar-refractivity contribution is -0.145.